The monoisotopic (exact) mass is 337 g/mol. The molecule has 0 aliphatic carbocycles. The van der Waals surface area contributed by atoms with Gasteiger partial charge in [0.2, 0.25) is 0 Å². The van der Waals surface area contributed by atoms with Gasteiger partial charge in [0.15, 0.2) is 5.78 Å². The molecule has 2 aromatic rings. The summed E-state index contributed by atoms with van der Waals surface area (Å²) in [5, 5.41) is 2.12. The lowest BCUT2D eigenvalue weighted by Gasteiger charge is -2.50. The van der Waals surface area contributed by atoms with Gasteiger partial charge < -0.3 is 4.84 Å². The quantitative estimate of drug-likeness (QED) is 0.713. The van der Waals surface area contributed by atoms with E-state index in [1.165, 1.54) is 6.42 Å². The van der Waals surface area contributed by atoms with Crippen LogP contribution in [0.25, 0.3) is 0 Å². The van der Waals surface area contributed by atoms with Crippen molar-refractivity contribution in [1.29, 1.82) is 0 Å². The van der Waals surface area contributed by atoms with Crippen molar-refractivity contribution in [3.8, 4) is 5.75 Å². The van der Waals surface area contributed by atoms with E-state index in [1.54, 1.807) is 0 Å². The molecular weight excluding hydrogens is 310 g/mol. The Morgan fingerprint density at radius 1 is 0.840 bits per heavy atom. The van der Waals surface area contributed by atoms with Crippen LogP contribution in [-0.4, -0.2) is 21.9 Å². The van der Waals surface area contributed by atoms with Crippen molar-refractivity contribution in [2.45, 2.75) is 58.0 Å². The van der Waals surface area contributed by atoms with E-state index in [4.69, 9.17) is 4.84 Å². The molecule has 0 spiro atoms. The van der Waals surface area contributed by atoms with Crippen molar-refractivity contribution in [3.05, 3.63) is 65.7 Å². The van der Waals surface area contributed by atoms with E-state index >= 15 is 0 Å². The number of hydrogen-bond donors (Lipinski definition) is 0. The lowest BCUT2D eigenvalue weighted by atomic mass is 9.82. The fourth-order valence-corrected chi connectivity index (χ4v) is 3.75. The van der Waals surface area contributed by atoms with E-state index in [0.717, 1.165) is 18.6 Å². The molecule has 3 heteroatoms. The summed E-state index contributed by atoms with van der Waals surface area (Å²) in [6.45, 7) is 8.89. The van der Waals surface area contributed by atoms with Crippen LogP contribution in [0.5, 0.6) is 5.75 Å². The number of piperidine rings is 1. The Morgan fingerprint density at radius 3 is 1.92 bits per heavy atom. The van der Waals surface area contributed by atoms with Gasteiger partial charge in [-0.3, -0.25) is 4.79 Å². The van der Waals surface area contributed by atoms with Crippen LogP contribution < -0.4 is 4.84 Å². The highest BCUT2D eigenvalue weighted by atomic mass is 16.7. The number of carbonyl (C=O) groups excluding carboxylic acids is 1. The van der Waals surface area contributed by atoms with Crippen LogP contribution in [-0.2, 0) is 0 Å². The van der Waals surface area contributed by atoms with E-state index in [9.17, 15) is 4.79 Å². The molecule has 1 heterocycles. The number of ketones is 1. The van der Waals surface area contributed by atoms with Gasteiger partial charge in [-0.25, -0.2) is 0 Å². The predicted molar refractivity (Wildman–Crippen MR) is 101 cm³/mol. The molecule has 1 aliphatic rings. The number of nitrogens with zero attached hydrogens (tertiary/aromatic N) is 1. The first-order valence-electron chi connectivity index (χ1n) is 8.98. The Bertz CT molecular complexity index is 716. The van der Waals surface area contributed by atoms with E-state index in [-0.39, 0.29) is 16.9 Å². The minimum absolute atomic E-state index is 0.0136. The van der Waals surface area contributed by atoms with Crippen molar-refractivity contribution < 1.29 is 9.63 Å². The first-order valence-corrected chi connectivity index (χ1v) is 8.98. The highest BCUT2D eigenvalue weighted by Gasteiger charge is 2.43. The molecule has 2 aromatic carbocycles. The average Bonchev–Trinajstić information content (AvgIpc) is 2.58. The summed E-state index contributed by atoms with van der Waals surface area (Å²) in [4.78, 5) is 18.8. The van der Waals surface area contributed by atoms with Gasteiger partial charge in [-0.05, 0) is 71.2 Å². The molecule has 3 nitrogen and oxygen atoms in total. The first kappa shape index (κ1) is 17.7. The lowest BCUT2D eigenvalue weighted by Crippen LogP contribution is -2.59. The Kier molecular flexibility index (Phi) is 4.70. The number of hydroxylamine groups is 2. The molecule has 0 N–H and O–H groups in total. The van der Waals surface area contributed by atoms with Crippen LogP contribution in [0, 0.1) is 0 Å². The average molecular weight is 337 g/mol. The van der Waals surface area contributed by atoms with Gasteiger partial charge in [0.25, 0.3) is 0 Å². The van der Waals surface area contributed by atoms with Gasteiger partial charge in [-0.2, -0.15) is 0 Å². The Hall–Kier alpha value is -2.13. The summed E-state index contributed by atoms with van der Waals surface area (Å²) in [7, 11) is 0. The van der Waals surface area contributed by atoms with Crippen molar-refractivity contribution in [2.75, 3.05) is 0 Å². The standard InChI is InChI=1S/C22H27NO2/c1-21(2)15-8-16-22(3,4)23(21)25-19-13-11-18(12-14-19)20(24)17-9-6-5-7-10-17/h5-7,9-14H,8,15-16H2,1-4H3. The topological polar surface area (TPSA) is 29.5 Å². The minimum Gasteiger partial charge on any atom is -0.405 e. The fraction of sp³-hybridized carbons (Fsp3) is 0.409. The summed E-state index contributed by atoms with van der Waals surface area (Å²) in [6.07, 6.45) is 3.44. The number of hydrogen-bond acceptors (Lipinski definition) is 3. The molecule has 0 unspecified atom stereocenters. The number of carbonyl (C=O) groups is 1. The molecule has 0 saturated carbocycles. The summed E-state index contributed by atoms with van der Waals surface area (Å²) in [5.74, 6) is 0.804. The summed E-state index contributed by atoms with van der Waals surface area (Å²) < 4.78 is 0. The number of rotatable bonds is 4. The molecule has 1 aliphatic heterocycles. The molecule has 0 amide bonds. The second kappa shape index (κ2) is 6.64. The van der Waals surface area contributed by atoms with E-state index < -0.39 is 0 Å². The summed E-state index contributed by atoms with van der Waals surface area (Å²) >= 11 is 0. The third kappa shape index (κ3) is 3.77. The second-order valence-corrected chi connectivity index (χ2v) is 8.08. The Labute approximate surface area is 150 Å². The van der Waals surface area contributed by atoms with Gasteiger partial charge in [0, 0.05) is 11.1 Å². The third-order valence-corrected chi connectivity index (χ3v) is 5.03. The number of benzene rings is 2. The van der Waals surface area contributed by atoms with Gasteiger partial charge in [0.1, 0.15) is 5.75 Å². The fourth-order valence-electron chi connectivity index (χ4n) is 3.75. The Morgan fingerprint density at radius 2 is 1.36 bits per heavy atom. The molecule has 0 radical (unpaired) electrons. The largest absolute Gasteiger partial charge is 0.405 e. The molecule has 1 saturated heterocycles. The molecule has 25 heavy (non-hydrogen) atoms. The maximum absolute atomic E-state index is 12.5. The molecule has 0 bridgehead atoms. The van der Waals surface area contributed by atoms with Crippen LogP contribution >= 0.6 is 0 Å². The maximum Gasteiger partial charge on any atom is 0.193 e. The van der Waals surface area contributed by atoms with Gasteiger partial charge >= 0.3 is 0 Å². The smallest absolute Gasteiger partial charge is 0.193 e. The summed E-state index contributed by atoms with van der Waals surface area (Å²) in [6, 6.07) is 16.8. The molecule has 0 aromatic heterocycles. The Balaban J connectivity index is 1.77. The third-order valence-electron chi connectivity index (χ3n) is 5.03. The van der Waals surface area contributed by atoms with Crippen LogP contribution in [0.3, 0.4) is 0 Å². The van der Waals surface area contributed by atoms with Crippen molar-refractivity contribution in [3.63, 3.8) is 0 Å². The second-order valence-electron chi connectivity index (χ2n) is 8.08. The highest BCUT2D eigenvalue weighted by molar-refractivity contribution is 6.08. The summed E-state index contributed by atoms with van der Waals surface area (Å²) in [5.41, 5.74) is 1.35. The zero-order chi connectivity index (χ0) is 18.1. The van der Waals surface area contributed by atoms with Crippen LogP contribution in [0.2, 0.25) is 0 Å². The van der Waals surface area contributed by atoms with E-state index in [0.29, 0.717) is 11.1 Å². The van der Waals surface area contributed by atoms with Crippen LogP contribution in [0.4, 0.5) is 0 Å². The molecule has 132 valence electrons. The molecular formula is C22H27NO2. The first-order chi connectivity index (χ1) is 11.8. The maximum atomic E-state index is 12.5. The highest BCUT2D eigenvalue weighted by Crippen LogP contribution is 2.38. The van der Waals surface area contributed by atoms with Crippen molar-refractivity contribution in [1.82, 2.24) is 5.06 Å². The van der Waals surface area contributed by atoms with Gasteiger partial charge in [-0.15, -0.1) is 5.06 Å². The van der Waals surface area contributed by atoms with Crippen LogP contribution in [0.15, 0.2) is 54.6 Å². The zero-order valence-electron chi connectivity index (χ0n) is 15.6. The molecule has 0 atom stereocenters. The van der Waals surface area contributed by atoms with Gasteiger partial charge in [-0.1, -0.05) is 30.3 Å². The zero-order valence-corrected chi connectivity index (χ0v) is 15.6. The van der Waals surface area contributed by atoms with E-state index in [1.807, 2.05) is 54.6 Å². The molecule has 3 rings (SSSR count). The van der Waals surface area contributed by atoms with Crippen LogP contribution in [0.1, 0.15) is 62.9 Å². The SMILES string of the molecule is CC1(C)CCCC(C)(C)N1Oc1ccc(C(=O)c2ccccc2)cc1. The lowest BCUT2D eigenvalue weighted by molar-refractivity contribution is -0.216. The predicted octanol–water partition coefficient (Wildman–Crippen LogP) is 5.25. The molecule has 1 fully saturated rings. The van der Waals surface area contributed by atoms with E-state index in [2.05, 4.69) is 32.8 Å². The van der Waals surface area contributed by atoms with Gasteiger partial charge in [0.05, 0.1) is 11.1 Å². The normalized spacial score (nSPS) is 19.4. The van der Waals surface area contributed by atoms with Crippen molar-refractivity contribution in [2.24, 2.45) is 0 Å². The minimum atomic E-state index is -0.0136. The van der Waals surface area contributed by atoms with Crippen molar-refractivity contribution >= 4 is 5.78 Å².